The van der Waals surface area contributed by atoms with Crippen LogP contribution in [0.15, 0.2) is 0 Å². The Morgan fingerprint density at radius 1 is 1.38 bits per heavy atom. The van der Waals surface area contributed by atoms with E-state index in [0.717, 1.165) is 6.42 Å². The lowest BCUT2D eigenvalue weighted by Gasteiger charge is -2.22. The predicted molar refractivity (Wildman–Crippen MR) is 56.4 cm³/mol. The summed E-state index contributed by atoms with van der Waals surface area (Å²) in [6, 6.07) is 0. The zero-order chi connectivity index (χ0) is 10.3. The van der Waals surface area contributed by atoms with Gasteiger partial charge in [0, 0.05) is 6.54 Å². The lowest BCUT2D eigenvalue weighted by atomic mass is 9.89. The second-order valence-corrected chi connectivity index (χ2v) is 4.48. The quantitative estimate of drug-likeness (QED) is 0.510. The Labute approximate surface area is 81.7 Å². The second kappa shape index (κ2) is 6.01. The first kappa shape index (κ1) is 12.5. The van der Waals surface area contributed by atoms with Gasteiger partial charge >= 0.3 is 0 Å². The molecular weight excluding hydrogens is 162 g/mol. The first-order valence-corrected chi connectivity index (χ1v) is 4.74. The van der Waals surface area contributed by atoms with Crippen LogP contribution in [0, 0.1) is 17.3 Å². The molecule has 0 aliphatic carbocycles. The molecule has 1 unspecified atom stereocenters. The van der Waals surface area contributed by atoms with Crippen molar-refractivity contribution >= 4 is 0 Å². The van der Waals surface area contributed by atoms with Gasteiger partial charge in [-0.25, -0.2) is 0 Å². The zero-order valence-electron chi connectivity index (χ0n) is 9.15. The Morgan fingerprint density at radius 3 is 2.46 bits per heavy atom. The van der Waals surface area contributed by atoms with Gasteiger partial charge in [0.05, 0.1) is 12.6 Å². The van der Waals surface area contributed by atoms with Gasteiger partial charge in [0.15, 0.2) is 0 Å². The van der Waals surface area contributed by atoms with Gasteiger partial charge in [-0.3, -0.25) is 0 Å². The normalized spacial score (nSPS) is 13.3. The Kier molecular flexibility index (Phi) is 5.77. The highest BCUT2D eigenvalue weighted by atomic mass is 16.3. The summed E-state index contributed by atoms with van der Waals surface area (Å²) in [4.78, 5) is 0. The number of rotatable bonds is 4. The summed E-state index contributed by atoms with van der Waals surface area (Å²) in [7, 11) is 0. The van der Waals surface area contributed by atoms with Crippen molar-refractivity contribution in [3.63, 3.8) is 0 Å². The molecule has 0 aliphatic rings. The Balaban J connectivity index is 3.50. The van der Waals surface area contributed by atoms with Crippen molar-refractivity contribution in [2.45, 2.75) is 40.2 Å². The number of aliphatic hydroxyl groups excluding tert-OH is 1. The first-order valence-electron chi connectivity index (χ1n) is 4.74. The molecule has 0 spiro atoms. The monoisotopic (exact) mass is 183 g/mol. The first-order chi connectivity index (χ1) is 5.95. The summed E-state index contributed by atoms with van der Waals surface area (Å²) in [6.45, 7) is 9.49. The summed E-state index contributed by atoms with van der Waals surface area (Å²) in [5.74, 6) is 5.69. The summed E-state index contributed by atoms with van der Waals surface area (Å²) in [5.41, 5.74) is 0.192. The molecule has 0 aromatic heterocycles. The largest absolute Gasteiger partial charge is 0.392 e. The molecule has 0 fully saturated rings. The van der Waals surface area contributed by atoms with E-state index in [0.29, 0.717) is 13.1 Å². The molecule has 0 rings (SSSR count). The lowest BCUT2D eigenvalue weighted by molar-refractivity contribution is 0.121. The minimum Gasteiger partial charge on any atom is -0.392 e. The van der Waals surface area contributed by atoms with Crippen LogP contribution in [0.4, 0.5) is 0 Å². The van der Waals surface area contributed by atoms with Gasteiger partial charge in [-0.2, -0.15) is 0 Å². The van der Waals surface area contributed by atoms with E-state index in [-0.39, 0.29) is 11.5 Å². The van der Waals surface area contributed by atoms with E-state index >= 15 is 0 Å². The summed E-state index contributed by atoms with van der Waals surface area (Å²) in [6.07, 6.45) is 0.554. The van der Waals surface area contributed by atoms with Gasteiger partial charge in [-0.05, 0) is 18.8 Å². The summed E-state index contributed by atoms with van der Waals surface area (Å²) < 4.78 is 0. The van der Waals surface area contributed by atoms with Crippen LogP contribution >= 0.6 is 0 Å². The molecule has 1 atom stereocenters. The molecule has 2 nitrogen and oxygen atoms in total. The maximum absolute atomic E-state index is 9.57. The topological polar surface area (TPSA) is 32.3 Å². The predicted octanol–water partition coefficient (Wildman–Crippen LogP) is 1.40. The molecule has 0 bridgehead atoms. The van der Waals surface area contributed by atoms with E-state index in [9.17, 15) is 5.11 Å². The number of hydrogen-bond acceptors (Lipinski definition) is 2. The Morgan fingerprint density at radius 2 is 2.00 bits per heavy atom. The van der Waals surface area contributed by atoms with Gasteiger partial charge in [0.2, 0.25) is 0 Å². The number of hydrogen-bond donors (Lipinski definition) is 2. The van der Waals surface area contributed by atoms with Crippen LogP contribution < -0.4 is 5.32 Å². The molecular formula is C11H21NO. The third kappa shape index (κ3) is 9.39. The highest BCUT2D eigenvalue weighted by Crippen LogP contribution is 2.20. The third-order valence-electron chi connectivity index (χ3n) is 1.62. The Bertz CT molecular complexity index is 182. The van der Waals surface area contributed by atoms with Gasteiger partial charge in [-0.1, -0.05) is 26.7 Å². The average molecular weight is 183 g/mol. The molecule has 0 aromatic rings. The molecule has 0 aliphatic heterocycles. The van der Waals surface area contributed by atoms with Gasteiger partial charge in [0.1, 0.15) is 0 Å². The van der Waals surface area contributed by atoms with Crippen molar-refractivity contribution in [1.82, 2.24) is 5.32 Å². The zero-order valence-corrected chi connectivity index (χ0v) is 9.15. The molecule has 0 heterocycles. The molecule has 0 aromatic carbocycles. The van der Waals surface area contributed by atoms with Crippen LogP contribution in [0.3, 0.4) is 0 Å². The second-order valence-electron chi connectivity index (χ2n) is 4.48. The van der Waals surface area contributed by atoms with Crippen molar-refractivity contribution in [2.75, 3.05) is 13.1 Å². The number of nitrogens with one attached hydrogen (secondary N) is 1. The van der Waals surface area contributed by atoms with Crippen molar-refractivity contribution in [3.05, 3.63) is 0 Å². The van der Waals surface area contributed by atoms with E-state index in [1.165, 1.54) is 0 Å². The molecule has 13 heavy (non-hydrogen) atoms. The maximum Gasteiger partial charge on any atom is 0.0669 e. The minimum atomic E-state index is -0.265. The van der Waals surface area contributed by atoms with Crippen LogP contribution in [0.25, 0.3) is 0 Å². The summed E-state index contributed by atoms with van der Waals surface area (Å²) >= 11 is 0. The van der Waals surface area contributed by atoms with E-state index in [1.807, 2.05) is 6.92 Å². The molecule has 0 amide bonds. The van der Waals surface area contributed by atoms with Gasteiger partial charge < -0.3 is 10.4 Å². The van der Waals surface area contributed by atoms with Crippen molar-refractivity contribution in [2.24, 2.45) is 5.41 Å². The van der Waals surface area contributed by atoms with Crippen molar-refractivity contribution in [3.8, 4) is 11.8 Å². The molecule has 76 valence electrons. The van der Waals surface area contributed by atoms with Crippen LogP contribution in [-0.2, 0) is 0 Å². The van der Waals surface area contributed by atoms with Crippen LogP contribution in [0.1, 0.15) is 34.1 Å². The van der Waals surface area contributed by atoms with Crippen molar-refractivity contribution in [1.29, 1.82) is 0 Å². The average Bonchev–Trinajstić information content (AvgIpc) is 1.94. The highest BCUT2D eigenvalue weighted by Gasteiger charge is 2.15. The van der Waals surface area contributed by atoms with Gasteiger partial charge in [0.25, 0.3) is 0 Å². The van der Waals surface area contributed by atoms with E-state index in [4.69, 9.17) is 0 Å². The fourth-order valence-corrected chi connectivity index (χ4v) is 1.17. The number of aliphatic hydroxyl groups is 1. The maximum atomic E-state index is 9.57. The molecule has 0 saturated heterocycles. The standard InChI is InChI=1S/C11H21NO/c1-5-6-7-12-9-10(13)8-11(2,3)4/h10,12-13H,7-9H2,1-4H3. The van der Waals surface area contributed by atoms with Crippen LogP contribution in [0.2, 0.25) is 0 Å². The molecule has 2 N–H and O–H groups in total. The van der Waals surface area contributed by atoms with E-state index < -0.39 is 0 Å². The molecule has 0 radical (unpaired) electrons. The van der Waals surface area contributed by atoms with Crippen LogP contribution in [0.5, 0.6) is 0 Å². The third-order valence-corrected chi connectivity index (χ3v) is 1.62. The minimum absolute atomic E-state index is 0.192. The van der Waals surface area contributed by atoms with Gasteiger partial charge in [-0.15, -0.1) is 5.92 Å². The fraction of sp³-hybridized carbons (Fsp3) is 0.818. The van der Waals surface area contributed by atoms with Crippen molar-refractivity contribution < 1.29 is 5.11 Å². The molecule has 2 heteroatoms. The molecule has 0 saturated carbocycles. The lowest BCUT2D eigenvalue weighted by Crippen LogP contribution is -2.30. The Hall–Kier alpha value is -0.520. The van der Waals surface area contributed by atoms with E-state index in [2.05, 4.69) is 37.9 Å². The highest BCUT2D eigenvalue weighted by molar-refractivity contribution is 4.97. The fourth-order valence-electron chi connectivity index (χ4n) is 1.17. The smallest absolute Gasteiger partial charge is 0.0669 e. The van der Waals surface area contributed by atoms with Crippen LogP contribution in [-0.4, -0.2) is 24.3 Å². The SMILES string of the molecule is CC#CCNCC(O)CC(C)(C)C. The summed E-state index contributed by atoms with van der Waals surface area (Å²) in [5, 5.41) is 12.7. The van der Waals surface area contributed by atoms with E-state index in [1.54, 1.807) is 0 Å².